The minimum absolute atomic E-state index is 0. The van der Waals surface area contributed by atoms with Gasteiger partial charge in [0.25, 0.3) is 0 Å². The highest BCUT2D eigenvalue weighted by atomic mass is 35.5. The summed E-state index contributed by atoms with van der Waals surface area (Å²) in [5, 5.41) is 6.18. The Kier molecular flexibility index (Phi) is 4.77. The molecule has 0 spiro atoms. The average molecular weight is 282 g/mol. The summed E-state index contributed by atoms with van der Waals surface area (Å²) >= 11 is 0. The van der Waals surface area contributed by atoms with Gasteiger partial charge in [-0.15, -0.1) is 12.4 Å². The number of aromatic nitrogens is 1. The number of rotatable bonds is 3. The van der Waals surface area contributed by atoms with E-state index in [1.165, 1.54) is 19.3 Å². The van der Waals surface area contributed by atoms with Crippen LogP contribution < -0.4 is 10.6 Å². The summed E-state index contributed by atoms with van der Waals surface area (Å²) in [6.45, 7) is 0.941. The zero-order valence-corrected chi connectivity index (χ0v) is 11.7. The summed E-state index contributed by atoms with van der Waals surface area (Å²) in [6, 6.07) is 3.95. The van der Waals surface area contributed by atoms with Crippen molar-refractivity contribution in [2.24, 2.45) is 0 Å². The second kappa shape index (κ2) is 6.35. The Balaban J connectivity index is 0.00000133. The molecule has 0 radical (unpaired) electrons. The lowest BCUT2D eigenvalue weighted by Gasteiger charge is -2.22. The molecule has 1 atom stereocenters. The largest absolute Gasteiger partial charge is 0.323 e. The van der Waals surface area contributed by atoms with Gasteiger partial charge in [0.15, 0.2) is 0 Å². The third kappa shape index (κ3) is 3.67. The highest BCUT2D eigenvalue weighted by molar-refractivity contribution is 5.94. The Bertz CT molecular complexity index is 425. The molecule has 2 fully saturated rings. The van der Waals surface area contributed by atoms with Crippen molar-refractivity contribution in [1.29, 1.82) is 0 Å². The van der Waals surface area contributed by atoms with Crippen LogP contribution in [-0.4, -0.2) is 23.5 Å². The van der Waals surface area contributed by atoms with E-state index in [4.69, 9.17) is 0 Å². The van der Waals surface area contributed by atoms with Gasteiger partial charge in [0.1, 0.15) is 0 Å². The molecule has 1 aromatic heterocycles. The van der Waals surface area contributed by atoms with Crippen molar-refractivity contribution in [2.75, 3.05) is 11.9 Å². The van der Waals surface area contributed by atoms with Crippen molar-refractivity contribution < 1.29 is 4.79 Å². The normalized spacial score (nSPS) is 22.4. The van der Waals surface area contributed by atoms with Crippen molar-refractivity contribution in [1.82, 2.24) is 10.3 Å². The molecule has 2 heterocycles. The topological polar surface area (TPSA) is 54.0 Å². The maximum absolute atomic E-state index is 12.0. The number of carbonyl (C=O) groups is 1. The number of piperidine rings is 1. The maximum atomic E-state index is 12.0. The highest BCUT2D eigenvalue weighted by Gasteiger charge is 2.25. The molecule has 2 N–H and O–H groups in total. The van der Waals surface area contributed by atoms with Gasteiger partial charge in [-0.25, -0.2) is 0 Å². The number of anilines is 1. The summed E-state index contributed by atoms with van der Waals surface area (Å²) in [7, 11) is 0. The first-order chi connectivity index (χ1) is 8.83. The number of nitrogens with one attached hydrogen (secondary N) is 2. The molecule has 1 aromatic rings. The van der Waals surface area contributed by atoms with Gasteiger partial charge in [0.2, 0.25) is 5.91 Å². The molecular formula is C14H20ClN3O. The van der Waals surface area contributed by atoms with Crippen LogP contribution in [0, 0.1) is 0 Å². The van der Waals surface area contributed by atoms with Crippen LogP contribution in [0.5, 0.6) is 0 Å². The fraction of sp³-hybridized carbons (Fsp3) is 0.571. The summed E-state index contributed by atoms with van der Waals surface area (Å²) in [6.07, 6.45) is 7.51. The molecule has 1 saturated heterocycles. The van der Waals surface area contributed by atoms with Crippen LogP contribution >= 0.6 is 12.4 Å². The first-order valence-electron chi connectivity index (χ1n) is 6.83. The van der Waals surface area contributed by atoms with E-state index < -0.39 is 0 Å². The van der Waals surface area contributed by atoms with Crippen LogP contribution in [-0.2, 0) is 4.79 Å². The molecule has 19 heavy (non-hydrogen) atoms. The second-order valence-corrected chi connectivity index (χ2v) is 5.24. The van der Waals surface area contributed by atoms with Gasteiger partial charge in [-0.3, -0.25) is 9.78 Å². The van der Waals surface area contributed by atoms with E-state index in [1.54, 1.807) is 6.20 Å². The number of carbonyl (C=O) groups excluding carboxylic acids is 1. The van der Waals surface area contributed by atoms with Crippen molar-refractivity contribution in [3.05, 3.63) is 24.0 Å². The third-order valence-electron chi connectivity index (χ3n) is 3.68. The van der Waals surface area contributed by atoms with Crippen molar-refractivity contribution in [2.45, 2.75) is 44.1 Å². The van der Waals surface area contributed by atoms with Crippen LogP contribution in [0.2, 0.25) is 0 Å². The van der Waals surface area contributed by atoms with Crippen LogP contribution in [0.25, 0.3) is 0 Å². The van der Waals surface area contributed by atoms with Gasteiger partial charge in [0, 0.05) is 11.6 Å². The van der Waals surface area contributed by atoms with Gasteiger partial charge < -0.3 is 10.6 Å². The molecule has 1 aliphatic carbocycles. The van der Waals surface area contributed by atoms with E-state index in [2.05, 4.69) is 15.6 Å². The monoisotopic (exact) mass is 281 g/mol. The lowest BCUT2D eigenvalue weighted by molar-refractivity contribution is -0.118. The van der Waals surface area contributed by atoms with E-state index in [-0.39, 0.29) is 24.4 Å². The van der Waals surface area contributed by atoms with E-state index in [9.17, 15) is 4.79 Å². The summed E-state index contributed by atoms with van der Waals surface area (Å²) in [5.41, 5.74) is 1.96. The standard InChI is InChI=1S/C14H19N3O.ClH/c18-14(13-3-1-2-8-15-13)17-11-6-7-12(16-9-11)10-4-5-10;/h6-7,9-10,13,15H,1-5,8H2,(H,17,18);1H/t13-;/m1./s1. The quantitative estimate of drug-likeness (QED) is 0.895. The van der Waals surface area contributed by atoms with Gasteiger partial charge in [0.05, 0.1) is 17.9 Å². The van der Waals surface area contributed by atoms with Crippen LogP contribution in [0.1, 0.15) is 43.7 Å². The summed E-state index contributed by atoms with van der Waals surface area (Å²) < 4.78 is 0. The zero-order valence-electron chi connectivity index (χ0n) is 10.9. The fourth-order valence-electron chi connectivity index (χ4n) is 2.40. The lowest BCUT2D eigenvalue weighted by atomic mass is 10.0. The number of nitrogens with zero attached hydrogens (tertiary/aromatic N) is 1. The van der Waals surface area contributed by atoms with Crippen LogP contribution in [0.3, 0.4) is 0 Å². The fourth-order valence-corrected chi connectivity index (χ4v) is 2.40. The summed E-state index contributed by atoms with van der Waals surface area (Å²) in [4.78, 5) is 16.4. The number of amides is 1. The molecule has 5 heteroatoms. The van der Waals surface area contributed by atoms with Gasteiger partial charge in [-0.05, 0) is 44.4 Å². The Morgan fingerprint density at radius 1 is 1.26 bits per heavy atom. The van der Waals surface area contributed by atoms with Gasteiger partial charge in [-0.1, -0.05) is 6.42 Å². The predicted molar refractivity (Wildman–Crippen MR) is 77.7 cm³/mol. The Hall–Kier alpha value is -1.13. The van der Waals surface area contributed by atoms with Crippen LogP contribution in [0.4, 0.5) is 5.69 Å². The Morgan fingerprint density at radius 3 is 2.68 bits per heavy atom. The molecule has 1 amide bonds. The molecule has 1 aliphatic heterocycles. The molecule has 2 aliphatic rings. The minimum Gasteiger partial charge on any atom is -0.323 e. The molecule has 0 aromatic carbocycles. The first-order valence-corrected chi connectivity index (χ1v) is 6.83. The second-order valence-electron chi connectivity index (χ2n) is 5.24. The zero-order chi connectivity index (χ0) is 12.4. The van der Waals surface area contributed by atoms with Crippen LogP contribution in [0.15, 0.2) is 18.3 Å². The van der Waals surface area contributed by atoms with Crippen molar-refractivity contribution in [3.8, 4) is 0 Å². The SMILES string of the molecule is Cl.O=C(Nc1ccc(C2CC2)nc1)[C@H]1CCCCN1. The van der Waals surface area contributed by atoms with E-state index >= 15 is 0 Å². The molecule has 1 saturated carbocycles. The van der Waals surface area contributed by atoms with E-state index in [0.29, 0.717) is 5.92 Å². The number of hydrogen-bond donors (Lipinski definition) is 2. The molecule has 4 nitrogen and oxygen atoms in total. The first kappa shape index (κ1) is 14.3. The van der Waals surface area contributed by atoms with Gasteiger partial charge >= 0.3 is 0 Å². The van der Waals surface area contributed by atoms with Crippen molar-refractivity contribution in [3.63, 3.8) is 0 Å². The Labute approximate surface area is 119 Å². The van der Waals surface area contributed by atoms with Gasteiger partial charge in [-0.2, -0.15) is 0 Å². The number of pyridine rings is 1. The average Bonchev–Trinajstić information content (AvgIpc) is 3.25. The molecule has 0 bridgehead atoms. The number of halogens is 1. The lowest BCUT2D eigenvalue weighted by Crippen LogP contribution is -2.43. The Morgan fingerprint density at radius 2 is 2.11 bits per heavy atom. The highest BCUT2D eigenvalue weighted by Crippen LogP contribution is 2.38. The molecule has 104 valence electrons. The molecular weight excluding hydrogens is 262 g/mol. The molecule has 0 unspecified atom stereocenters. The van der Waals surface area contributed by atoms with Crippen molar-refractivity contribution >= 4 is 24.0 Å². The minimum atomic E-state index is -0.0399. The van der Waals surface area contributed by atoms with E-state index in [0.717, 1.165) is 30.8 Å². The smallest absolute Gasteiger partial charge is 0.241 e. The predicted octanol–water partition coefficient (Wildman–Crippen LogP) is 2.46. The maximum Gasteiger partial charge on any atom is 0.241 e. The molecule has 3 rings (SSSR count). The summed E-state index contributed by atoms with van der Waals surface area (Å²) in [5.74, 6) is 0.727. The number of hydrogen-bond acceptors (Lipinski definition) is 3. The van der Waals surface area contributed by atoms with E-state index in [1.807, 2.05) is 12.1 Å². The third-order valence-corrected chi connectivity index (χ3v) is 3.68.